The lowest BCUT2D eigenvalue weighted by Gasteiger charge is -2.35. The van der Waals surface area contributed by atoms with E-state index in [1.807, 2.05) is 60.7 Å². The molecule has 4 aliphatic carbocycles. The number of fused-ring (bicyclic) bond motifs is 8. The molecule has 2 unspecified atom stereocenters. The van der Waals surface area contributed by atoms with Gasteiger partial charge in [0.2, 0.25) is 0 Å². The Balaban J connectivity index is 0.655. The Hall–Kier alpha value is -13.7. The van der Waals surface area contributed by atoms with Gasteiger partial charge in [0.1, 0.15) is 46.0 Å². The van der Waals surface area contributed by atoms with Gasteiger partial charge >= 0.3 is 0 Å². The van der Waals surface area contributed by atoms with Gasteiger partial charge in [0, 0.05) is 34.1 Å². The number of benzene rings is 16. The van der Waals surface area contributed by atoms with Crippen LogP contribution >= 0.6 is 0 Å². The van der Waals surface area contributed by atoms with Gasteiger partial charge in [-0.25, -0.2) is 0 Å². The van der Waals surface area contributed by atoms with E-state index in [0.717, 1.165) is 139 Å². The van der Waals surface area contributed by atoms with Crippen LogP contribution in [0.4, 0.5) is 34.1 Å². The number of hydrogen-bond acceptors (Lipinski definition) is 6. The molecule has 4 aliphatic rings. The largest absolute Gasteiger partial charge is 0.457 e. The summed E-state index contributed by atoms with van der Waals surface area (Å²) in [6.45, 7) is 0. The third-order valence-electron chi connectivity index (χ3n) is 22.4. The number of rotatable bonds is 19. The summed E-state index contributed by atoms with van der Waals surface area (Å²) in [5.74, 6) is 6.43. The van der Waals surface area contributed by atoms with E-state index in [1.54, 1.807) is 0 Å². The van der Waals surface area contributed by atoms with E-state index in [9.17, 15) is 0 Å². The monoisotopic (exact) mass is 1390 g/mol. The summed E-state index contributed by atoms with van der Waals surface area (Å²) in [4.78, 5) is 4.78. The van der Waals surface area contributed by atoms with Crippen LogP contribution in [-0.4, -0.2) is 0 Å². The molecule has 0 aliphatic heterocycles. The fourth-order valence-corrected chi connectivity index (χ4v) is 17.1. The van der Waals surface area contributed by atoms with Crippen LogP contribution in [0.5, 0.6) is 46.0 Å². The SMILES string of the molecule is c1ccc(Oc2ccc(C3(c4ccc(Oc5ccc6c(c5)CC6)cc4)c4ccccc4-c4ccc(N(c5ccccc5)c5ccc(-c6ccc(N(c7ccccc7)c7ccc8c(c7)C(c7ccc(Oc9ccccc9)cc7)(c7ccc(Oc9ccc%10c(c9)CC%10)cc7)c7ccccc7-8)cc6)cc5)cc43)cc2)cc1. The van der Waals surface area contributed by atoms with E-state index in [-0.39, 0.29) is 0 Å². The third-order valence-corrected chi connectivity index (χ3v) is 22.4. The quantitative estimate of drug-likeness (QED) is 0.0804. The smallest absolute Gasteiger partial charge is 0.127 e. The third kappa shape index (κ3) is 11.2. The second-order valence-corrected chi connectivity index (χ2v) is 28.5. The van der Waals surface area contributed by atoms with Gasteiger partial charge in [0.25, 0.3) is 0 Å². The molecule has 108 heavy (non-hydrogen) atoms. The van der Waals surface area contributed by atoms with E-state index >= 15 is 0 Å². The van der Waals surface area contributed by atoms with Crippen molar-refractivity contribution in [1.29, 1.82) is 0 Å². The van der Waals surface area contributed by atoms with Crippen molar-refractivity contribution in [3.8, 4) is 79.4 Å². The molecule has 0 N–H and O–H groups in total. The number of aryl methyl sites for hydroxylation is 4. The normalized spacial score (nSPS) is 15.1. The van der Waals surface area contributed by atoms with Crippen LogP contribution in [0.25, 0.3) is 33.4 Å². The summed E-state index contributed by atoms with van der Waals surface area (Å²) in [7, 11) is 0. The first-order valence-corrected chi connectivity index (χ1v) is 37.3. The first-order chi connectivity index (χ1) is 53.4. The fraction of sp³-hybridized carbons (Fsp3) is 0.0588. The molecule has 0 saturated carbocycles. The molecule has 0 aromatic heterocycles. The molecule has 0 amide bonds. The average molecular weight is 1390 g/mol. The first-order valence-electron chi connectivity index (χ1n) is 37.3. The number of para-hydroxylation sites is 4. The minimum Gasteiger partial charge on any atom is -0.457 e. The molecule has 0 bridgehead atoms. The molecular formula is C102H72N2O4. The number of ether oxygens (including phenoxy) is 4. The van der Waals surface area contributed by atoms with Crippen molar-refractivity contribution in [1.82, 2.24) is 0 Å². The van der Waals surface area contributed by atoms with Crippen LogP contribution in [0.1, 0.15) is 66.8 Å². The van der Waals surface area contributed by atoms with Crippen LogP contribution < -0.4 is 28.7 Å². The zero-order chi connectivity index (χ0) is 71.5. The fourth-order valence-electron chi connectivity index (χ4n) is 17.1. The van der Waals surface area contributed by atoms with Gasteiger partial charge in [-0.2, -0.15) is 0 Å². The van der Waals surface area contributed by atoms with E-state index in [4.69, 9.17) is 18.9 Å². The summed E-state index contributed by atoms with van der Waals surface area (Å²) in [5, 5.41) is 0. The van der Waals surface area contributed by atoms with Crippen molar-refractivity contribution in [3.05, 3.63) is 455 Å². The number of hydrogen-bond donors (Lipinski definition) is 0. The van der Waals surface area contributed by atoms with Crippen LogP contribution in [0.2, 0.25) is 0 Å². The molecule has 0 heterocycles. The second kappa shape index (κ2) is 26.8. The maximum absolute atomic E-state index is 6.60. The van der Waals surface area contributed by atoms with Gasteiger partial charge in [-0.1, -0.05) is 218 Å². The summed E-state index contributed by atoms with van der Waals surface area (Å²) in [6, 6.07) is 139. The van der Waals surface area contributed by atoms with E-state index in [2.05, 4.69) is 337 Å². The molecule has 0 fully saturated rings. The first kappa shape index (κ1) is 64.0. The Labute approximate surface area is 629 Å². The minimum atomic E-state index is -0.731. The van der Waals surface area contributed by atoms with Gasteiger partial charge in [-0.15, -0.1) is 0 Å². The lowest BCUT2D eigenvalue weighted by atomic mass is 9.67. The zero-order valence-corrected chi connectivity index (χ0v) is 59.3. The van der Waals surface area contributed by atoms with Crippen molar-refractivity contribution < 1.29 is 18.9 Å². The molecule has 16 aromatic carbocycles. The van der Waals surface area contributed by atoms with Gasteiger partial charge in [0.15, 0.2) is 0 Å². The standard InChI is InChI=1S/C102H72N2O4/c1-5-17-79(18-6-1)103(83-51-63-95-93-25-13-15-27-97(93)101(99(95)67-83,75-39-55-87(56-40-75)105-85-21-9-3-10-22-85)77-43-59-89(60-44-77)107-91-53-37-71-29-31-73(71)65-91)81-47-33-69(34-48-81)70-35-49-82(50-36-70)104(80-19-7-2-8-20-80)84-52-64-96-94-26-14-16-28-98(94)102(100(96)68-84,76-41-57-88(58-42-76)106-86-23-11-4-12-24-86)78-45-61-90(62-46-78)108-92-54-38-72-30-32-74(72)66-92/h1-28,33-68H,29-32H2. The van der Waals surface area contributed by atoms with Gasteiger partial charge < -0.3 is 28.7 Å². The highest BCUT2D eigenvalue weighted by Gasteiger charge is 2.48. The lowest BCUT2D eigenvalue weighted by molar-refractivity contribution is 0.479. The van der Waals surface area contributed by atoms with Gasteiger partial charge in [-0.3, -0.25) is 0 Å². The Morgan fingerprint density at radius 3 is 0.787 bits per heavy atom. The zero-order valence-electron chi connectivity index (χ0n) is 59.3. The molecule has 0 spiro atoms. The minimum absolute atomic E-state index is 0.731. The summed E-state index contributed by atoms with van der Waals surface area (Å²) < 4.78 is 26.1. The van der Waals surface area contributed by atoms with Crippen molar-refractivity contribution >= 4 is 34.1 Å². The topological polar surface area (TPSA) is 43.4 Å². The van der Waals surface area contributed by atoms with Crippen LogP contribution in [0.15, 0.2) is 388 Å². The molecule has 20 rings (SSSR count). The Kier molecular flexibility index (Phi) is 15.9. The van der Waals surface area contributed by atoms with Gasteiger partial charge in [-0.05, 0) is 296 Å². The van der Waals surface area contributed by atoms with Crippen molar-refractivity contribution in [2.45, 2.75) is 36.5 Å². The molecule has 16 aromatic rings. The predicted molar refractivity (Wildman–Crippen MR) is 437 cm³/mol. The van der Waals surface area contributed by atoms with E-state index in [0.29, 0.717) is 0 Å². The molecular weight excluding hydrogens is 1320 g/mol. The van der Waals surface area contributed by atoms with Crippen molar-refractivity contribution in [2.75, 3.05) is 9.80 Å². The molecule has 514 valence electrons. The highest BCUT2D eigenvalue weighted by Crippen LogP contribution is 2.60. The summed E-state index contributed by atoms with van der Waals surface area (Å²) >= 11 is 0. The van der Waals surface area contributed by atoms with Crippen LogP contribution in [0, 0.1) is 0 Å². The number of anilines is 6. The highest BCUT2D eigenvalue weighted by molar-refractivity contribution is 5.92. The maximum Gasteiger partial charge on any atom is 0.127 e. The Morgan fingerprint density at radius 1 is 0.185 bits per heavy atom. The second-order valence-electron chi connectivity index (χ2n) is 28.5. The lowest BCUT2D eigenvalue weighted by Crippen LogP contribution is -2.28. The van der Waals surface area contributed by atoms with Crippen LogP contribution in [0.3, 0.4) is 0 Å². The molecule has 0 saturated heterocycles. The molecule has 0 radical (unpaired) electrons. The summed E-state index contributed by atoms with van der Waals surface area (Å²) in [6.07, 6.45) is 4.45. The van der Waals surface area contributed by atoms with E-state index < -0.39 is 10.8 Å². The Bertz CT molecular complexity index is 5640. The average Bonchev–Trinajstić information content (AvgIpc) is 1.54. The Morgan fingerprint density at radius 2 is 0.454 bits per heavy atom. The summed E-state index contributed by atoms with van der Waals surface area (Å²) in [5.41, 5.74) is 26.7. The van der Waals surface area contributed by atoms with Crippen molar-refractivity contribution in [3.63, 3.8) is 0 Å². The van der Waals surface area contributed by atoms with Crippen molar-refractivity contribution in [2.24, 2.45) is 0 Å². The molecule has 6 heteroatoms. The highest BCUT2D eigenvalue weighted by atomic mass is 16.5. The number of nitrogens with zero attached hydrogens (tertiary/aromatic N) is 2. The predicted octanol–water partition coefficient (Wildman–Crippen LogP) is 26.4. The van der Waals surface area contributed by atoms with E-state index in [1.165, 1.54) is 66.8 Å². The van der Waals surface area contributed by atoms with Crippen LogP contribution in [-0.2, 0) is 36.5 Å². The molecule has 6 nitrogen and oxygen atoms in total. The molecule has 2 atom stereocenters. The maximum atomic E-state index is 6.60. The van der Waals surface area contributed by atoms with Gasteiger partial charge in [0.05, 0.1) is 10.8 Å².